The first kappa shape index (κ1) is 9.82. The molecular formula is C7H14F2O. The second kappa shape index (κ2) is 5.59. The number of halogens is 2. The summed E-state index contributed by atoms with van der Waals surface area (Å²) in [5.41, 5.74) is 0. The molecule has 0 spiro atoms. The fraction of sp³-hybridized carbons (Fsp3) is 1.00. The molecule has 0 saturated carbocycles. The first-order valence-electron chi connectivity index (χ1n) is 3.51. The van der Waals surface area contributed by atoms with Gasteiger partial charge >= 0.3 is 0 Å². The second-order valence-corrected chi connectivity index (χ2v) is 2.23. The minimum absolute atomic E-state index is 0.00833. The van der Waals surface area contributed by atoms with Crippen molar-refractivity contribution in [2.24, 2.45) is 0 Å². The van der Waals surface area contributed by atoms with Gasteiger partial charge in [0.1, 0.15) is 0 Å². The predicted octanol–water partition coefficient (Wildman–Crippen LogP) is 2.46. The Morgan fingerprint density at radius 1 is 1.30 bits per heavy atom. The molecule has 3 heteroatoms. The summed E-state index contributed by atoms with van der Waals surface area (Å²) >= 11 is 0. The first-order chi connectivity index (χ1) is 4.70. The summed E-state index contributed by atoms with van der Waals surface area (Å²) in [6, 6.07) is 0. The molecule has 0 aliphatic rings. The number of rotatable bonds is 5. The lowest BCUT2D eigenvalue weighted by molar-refractivity contribution is 0.0621. The molecule has 1 unspecified atom stereocenters. The minimum atomic E-state index is -2.19. The summed E-state index contributed by atoms with van der Waals surface area (Å²) in [5, 5.41) is 0. The molecule has 1 nitrogen and oxygen atoms in total. The highest BCUT2D eigenvalue weighted by atomic mass is 19.3. The summed E-state index contributed by atoms with van der Waals surface area (Å²) in [4.78, 5) is 0. The minimum Gasteiger partial charge on any atom is -0.381 e. The molecule has 0 aromatic heterocycles. The van der Waals surface area contributed by atoms with Gasteiger partial charge in [0.05, 0.1) is 6.10 Å². The van der Waals surface area contributed by atoms with E-state index in [0.717, 1.165) is 6.42 Å². The molecule has 62 valence electrons. The Hall–Kier alpha value is -0.180. The molecule has 0 bridgehead atoms. The van der Waals surface area contributed by atoms with Crippen LogP contribution in [0.1, 0.15) is 26.2 Å². The van der Waals surface area contributed by atoms with Crippen molar-refractivity contribution in [3.63, 3.8) is 0 Å². The van der Waals surface area contributed by atoms with Gasteiger partial charge in [-0.25, -0.2) is 8.78 Å². The van der Waals surface area contributed by atoms with Gasteiger partial charge in [-0.3, -0.25) is 0 Å². The van der Waals surface area contributed by atoms with E-state index in [-0.39, 0.29) is 12.5 Å². The topological polar surface area (TPSA) is 9.23 Å². The van der Waals surface area contributed by atoms with Crippen LogP contribution in [0.3, 0.4) is 0 Å². The standard InChI is InChI=1S/C7H14F2O/c1-3-6(10-2)4-5-7(8)9/h6-7H,3-5H2,1-2H3. The smallest absolute Gasteiger partial charge is 0.238 e. The normalized spacial score (nSPS) is 14.1. The molecule has 10 heavy (non-hydrogen) atoms. The zero-order valence-electron chi connectivity index (χ0n) is 6.44. The van der Waals surface area contributed by atoms with Crippen molar-refractivity contribution in [1.82, 2.24) is 0 Å². The van der Waals surface area contributed by atoms with Crippen molar-refractivity contribution in [3.8, 4) is 0 Å². The molecule has 0 aliphatic heterocycles. The van der Waals surface area contributed by atoms with Gasteiger partial charge in [0, 0.05) is 13.5 Å². The van der Waals surface area contributed by atoms with E-state index >= 15 is 0 Å². The third kappa shape index (κ3) is 4.68. The summed E-state index contributed by atoms with van der Waals surface area (Å²) < 4.78 is 28.1. The van der Waals surface area contributed by atoms with E-state index in [1.54, 1.807) is 7.11 Å². The number of hydrogen-bond acceptors (Lipinski definition) is 1. The van der Waals surface area contributed by atoms with Gasteiger partial charge in [-0.2, -0.15) is 0 Å². The Morgan fingerprint density at radius 3 is 2.20 bits per heavy atom. The van der Waals surface area contributed by atoms with Crippen LogP contribution < -0.4 is 0 Å². The number of methoxy groups -OCH3 is 1. The van der Waals surface area contributed by atoms with E-state index in [1.807, 2.05) is 6.92 Å². The van der Waals surface area contributed by atoms with Crippen LogP contribution in [-0.2, 0) is 4.74 Å². The Kier molecular flexibility index (Phi) is 5.49. The van der Waals surface area contributed by atoms with Gasteiger partial charge in [0.25, 0.3) is 0 Å². The molecule has 0 saturated heterocycles. The SMILES string of the molecule is CCC(CCC(F)F)OC. The van der Waals surface area contributed by atoms with Crippen molar-refractivity contribution in [1.29, 1.82) is 0 Å². The highest BCUT2D eigenvalue weighted by Crippen LogP contribution is 2.10. The zero-order valence-corrected chi connectivity index (χ0v) is 6.44. The van der Waals surface area contributed by atoms with Crippen molar-refractivity contribution in [2.75, 3.05) is 7.11 Å². The molecule has 0 heterocycles. The summed E-state index contributed by atoms with van der Waals surface area (Å²) in [7, 11) is 1.56. The molecule has 0 amide bonds. The maximum absolute atomic E-state index is 11.6. The van der Waals surface area contributed by atoms with Crippen LogP contribution in [0, 0.1) is 0 Å². The maximum atomic E-state index is 11.6. The molecule has 0 N–H and O–H groups in total. The fourth-order valence-corrected chi connectivity index (χ4v) is 0.801. The first-order valence-corrected chi connectivity index (χ1v) is 3.51. The highest BCUT2D eigenvalue weighted by Gasteiger charge is 2.08. The van der Waals surface area contributed by atoms with Crippen molar-refractivity contribution >= 4 is 0 Å². The van der Waals surface area contributed by atoms with Crippen LogP contribution >= 0.6 is 0 Å². The lowest BCUT2D eigenvalue weighted by Gasteiger charge is -2.11. The predicted molar refractivity (Wildman–Crippen MR) is 36.3 cm³/mol. The maximum Gasteiger partial charge on any atom is 0.238 e. The van der Waals surface area contributed by atoms with E-state index in [0.29, 0.717) is 6.42 Å². The number of ether oxygens (including phenoxy) is 1. The van der Waals surface area contributed by atoms with Gasteiger partial charge in [0.15, 0.2) is 0 Å². The third-order valence-electron chi connectivity index (χ3n) is 1.50. The Bertz CT molecular complexity index is 72.0. The van der Waals surface area contributed by atoms with Crippen LogP contribution in [0.25, 0.3) is 0 Å². The van der Waals surface area contributed by atoms with Crippen molar-refractivity contribution < 1.29 is 13.5 Å². The average Bonchev–Trinajstić information content (AvgIpc) is 1.90. The van der Waals surface area contributed by atoms with Gasteiger partial charge in [0.2, 0.25) is 6.43 Å². The van der Waals surface area contributed by atoms with Crippen LogP contribution in [-0.4, -0.2) is 19.6 Å². The van der Waals surface area contributed by atoms with Crippen LogP contribution in [0.15, 0.2) is 0 Å². The number of hydrogen-bond donors (Lipinski definition) is 0. The van der Waals surface area contributed by atoms with Crippen LogP contribution in [0.4, 0.5) is 8.78 Å². The van der Waals surface area contributed by atoms with Crippen molar-refractivity contribution in [2.45, 2.75) is 38.7 Å². The summed E-state index contributed by atoms with van der Waals surface area (Å²) in [6.07, 6.45) is -0.960. The van der Waals surface area contributed by atoms with Gasteiger partial charge in [-0.05, 0) is 12.8 Å². The Balaban J connectivity index is 3.26. The monoisotopic (exact) mass is 152 g/mol. The molecule has 0 radical (unpaired) electrons. The lowest BCUT2D eigenvalue weighted by Crippen LogP contribution is -2.10. The van der Waals surface area contributed by atoms with E-state index in [2.05, 4.69) is 0 Å². The Labute approximate surface area is 60.4 Å². The average molecular weight is 152 g/mol. The molecule has 0 rings (SSSR count). The highest BCUT2D eigenvalue weighted by molar-refractivity contribution is 4.55. The second-order valence-electron chi connectivity index (χ2n) is 2.23. The van der Waals surface area contributed by atoms with Gasteiger partial charge in [-0.1, -0.05) is 6.92 Å². The fourth-order valence-electron chi connectivity index (χ4n) is 0.801. The largest absolute Gasteiger partial charge is 0.381 e. The molecule has 0 fully saturated rings. The van der Waals surface area contributed by atoms with E-state index in [4.69, 9.17) is 4.74 Å². The zero-order chi connectivity index (χ0) is 7.98. The van der Waals surface area contributed by atoms with E-state index in [1.165, 1.54) is 0 Å². The van der Waals surface area contributed by atoms with Crippen molar-refractivity contribution in [3.05, 3.63) is 0 Å². The third-order valence-corrected chi connectivity index (χ3v) is 1.50. The molecule has 0 aromatic carbocycles. The number of alkyl halides is 2. The Morgan fingerprint density at radius 2 is 1.90 bits per heavy atom. The quantitative estimate of drug-likeness (QED) is 0.588. The van der Waals surface area contributed by atoms with E-state index < -0.39 is 6.43 Å². The molecule has 0 aromatic rings. The van der Waals surface area contributed by atoms with E-state index in [9.17, 15) is 8.78 Å². The summed E-state index contributed by atoms with van der Waals surface area (Å²) in [6.45, 7) is 1.93. The molecule has 0 aliphatic carbocycles. The lowest BCUT2D eigenvalue weighted by atomic mass is 10.1. The van der Waals surface area contributed by atoms with Crippen LogP contribution in [0.5, 0.6) is 0 Å². The molecular weight excluding hydrogens is 138 g/mol. The summed E-state index contributed by atoms with van der Waals surface area (Å²) in [5.74, 6) is 0. The molecule has 1 atom stereocenters. The van der Waals surface area contributed by atoms with Gasteiger partial charge in [-0.15, -0.1) is 0 Å². The van der Waals surface area contributed by atoms with Crippen LogP contribution in [0.2, 0.25) is 0 Å². The van der Waals surface area contributed by atoms with Gasteiger partial charge < -0.3 is 4.74 Å².